The van der Waals surface area contributed by atoms with E-state index in [1.165, 1.54) is 11.3 Å². The maximum atomic E-state index is 13.1. The van der Waals surface area contributed by atoms with E-state index in [9.17, 15) is 9.59 Å². The number of pyridine rings is 1. The highest BCUT2D eigenvalue weighted by Crippen LogP contribution is 2.33. The molecule has 0 saturated carbocycles. The number of rotatable bonds is 2. The Balaban J connectivity index is 1.63. The summed E-state index contributed by atoms with van der Waals surface area (Å²) in [7, 11) is 0. The number of hydrogen-bond acceptors (Lipinski definition) is 5. The van der Waals surface area contributed by atoms with Crippen molar-refractivity contribution in [1.29, 1.82) is 0 Å². The van der Waals surface area contributed by atoms with Crippen LogP contribution in [-0.4, -0.2) is 20.6 Å². The Kier molecular flexibility index (Phi) is 4.89. The van der Waals surface area contributed by atoms with Crippen LogP contribution in [-0.2, 0) is 13.0 Å². The summed E-state index contributed by atoms with van der Waals surface area (Å²) in [6.07, 6.45) is 4.53. The molecule has 2 N–H and O–H groups in total. The van der Waals surface area contributed by atoms with E-state index in [1.807, 2.05) is 24.5 Å². The summed E-state index contributed by atoms with van der Waals surface area (Å²) in [6.45, 7) is 6.71. The summed E-state index contributed by atoms with van der Waals surface area (Å²) in [6, 6.07) is 3.24. The quantitative estimate of drug-likeness (QED) is 0.682. The molecule has 1 aliphatic rings. The normalized spacial score (nSPS) is 16.5. The van der Waals surface area contributed by atoms with Gasteiger partial charge in [-0.3, -0.25) is 20.0 Å². The third-order valence-corrected chi connectivity index (χ3v) is 6.32. The first-order valence-electron chi connectivity index (χ1n) is 9.46. The van der Waals surface area contributed by atoms with E-state index < -0.39 is 0 Å². The van der Waals surface area contributed by atoms with Crippen molar-refractivity contribution in [3.63, 3.8) is 0 Å². The van der Waals surface area contributed by atoms with Crippen LogP contribution in [0.25, 0.3) is 10.2 Å². The van der Waals surface area contributed by atoms with E-state index in [1.54, 1.807) is 12.3 Å². The van der Waals surface area contributed by atoms with Crippen LogP contribution in [0.5, 0.6) is 0 Å². The molecule has 0 spiro atoms. The van der Waals surface area contributed by atoms with Gasteiger partial charge in [0.15, 0.2) is 0 Å². The lowest BCUT2D eigenvalue weighted by atomic mass is 10.0. The molecule has 0 radical (unpaired) electrons. The van der Waals surface area contributed by atoms with E-state index in [0.29, 0.717) is 33.5 Å². The topological polar surface area (TPSA) is 88.9 Å². The summed E-state index contributed by atoms with van der Waals surface area (Å²) >= 11 is 1.34. The van der Waals surface area contributed by atoms with Crippen molar-refractivity contribution < 1.29 is 4.79 Å². The Morgan fingerprint density at radius 2 is 2.07 bits per heavy atom. The van der Waals surface area contributed by atoms with Crippen LogP contribution < -0.4 is 16.2 Å². The highest BCUT2D eigenvalue weighted by molar-refractivity contribution is 7.22. The number of carbonyl (C=O) groups excluding carboxylic acids is 1. The van der Waals surface area contributed by atoms with Gasteiger partial charge in [0, 0.05) is 19.2 Å². The predicted octanol–water partition coefficient (Wildman–Crippen LogP) is 4.09. The van der Waals surface area contributed by atoms with Gasteiger partial charge in [-0.15, -0.1) is 0 Å². The van der Waals surface area contributed by atoms with Gasteiger partial charge in [0.1, 0.15) is 21.5 Å². The summed E-state index contributed by atoms with van der Waals surface area (Å²) in [5.41, 5.74) is 1.78. The third-order valence-electron chi connectivity index (χ3n) is 5.22. The zero-order valence-electron chi connectivity index (χ0n) is 16.2. The minimum atomic E-state index is -0.388. The maximum Gasteiger partial charge on any atom is 0.325 e. The van der Waals surface area contributed by atoms with Crippen LogP contribution in [0.4, 0.5) is 15.6 Å². The zero-order valence-corrected chi connectivity index (χ0v) is 17.0. The first kappa shape index (κ1) is 18.6. The lowest BCUT2D eigenvalue weighted by molar-refractivity contribution is 0.262. The molecular weight excluding hydrogens is 374 g/mol. The molecule has 4 rings (SSSR count). The van der Waals surface area contributed by atoms with E-state index >= 15 is 0 Å². The van der Waals surface area contributed by atoms with E-state index in [2.05, 4.69) is 22.5 Å². The highest BCUT2D eigenvalue weighted by Gasteiger charge is 2.21. The maximum absolute atomic E-state index is 13.1. The van der Waals surface area contributed by atoms with Crippen molar-refractivity contribution in [3.8, 4) is 0 Å². The van der Waals surface area contributed by atoms with Gasteiger partial charge in [0.05, 0.1) is 5.39 Å². The molecule has 28 heavy (non-hydrogen) atoms. The molecule has 4 heterocycles. The molecule has 7 nitrogen and oxygen atoms in total. The van der Waals surface area contributed by atoms with Gasteiger partial charge >= 0.3 is 6.03 Å². The van der Waals surface area contributed by atoms with Gasteiger partial charge in [-0.25, -0.2) is 14.8 Å². The smallest absolute Gasteiger partial charge is 0.299 e. The first-order valence-corrected chi connectivity index (χ1v) is 10.3. The Morgan fingerprint density at radius 3 is 2.82 bits per heavy atom. The molecule has 2 amide bonds. The second kappa shape index (κ2) is 7.35. The van der Waals surface area contributed by atoms with Crippen molar-refractivity contribution in [1.82, 2.24) is 14.5 Å². The molecule has 0 fully saturated rings. The second-order valence-electron chi connectivity index (χ2n) is 7.45. The van der Waals surface area contributed by atoms with Gasteiger partial charge < -0.3 is 0 Å². The number of hydrogen-bond donors (Lipinski definition) is 2. The van der Waals surface area contributed by atoms with Crippen molar-refractivity contribution >= 4 is 38.4 Å². The standard InChI is InChI=1S/C20H23N5O2S/c1-11-5-7-15-23-18-16(19(26)25(15)9-8-11)13(3)17(28-18)24-20(27)22-14-6-4-12(2)10-21-14/h4,6,10-11H,5,7-9H2,1-3H3,(H2,21,22,24,27)/t11-/m1/s1. The SMILES string of the molecule is Cc1ccc(NC(=O)Nc2sc3nc4n(c(=O)c3c2C)CC[C@H](C)CC4)nc1. The number of amides is 2. The molecule has 0 aromatic carbocycles. The molecular formula is C20H23N5O2S. The average Bonchev–Trinajstić information content (AvgIpc) is 2.83. The van der Waals surface area contributed by atoms with Crippen molar-refractivity contribution in [2.45, 2.75) is 46.6 Å². The number of fused-ring (bicyclic) bond motifs is 2. The Hall–Kier alpha value is -2.74. The Morgan fingerprint density at radius 1 is 1.25 bits per heavy atom. The molecule has 1 atom stereocenters. The summed E-state index contributed by atoms with van der Waals surface area (Å²) < 4.78 is 1.81. The predicted molar refractivity (Wildman–Crippen MR) is 112 cm³/mol. The summed E-state index contributed by atoms with van der Waals surface area (Å²) in [5, 5.41) is 6.80. The molecule has 3 aromatic rings. The third kappa shape index (κ3) is 3.52. The molecule has 0 bridgehead atoms. The van der Waals surface area contributed by atoms with E-state index in [-0.39, 0.29) is 11.6 Å². The first-order chi connectivity index (χ1) is 13.4. The lowest BCUT2D eigenvalue weighted by Gasteiger charge is -2.08. The van der Waals surface area contributed by atoms with Crippen LogP contribution in [0.3, 0.4) is 0 Å². The number of anilines is 2. The fraction of sp³-hybridized carbons (Fsp3) is 0.400. The fourth-order valence-corrected chi connectivity index (χ4v) is 4.55. The largest absolute Gasteiger partial charge is 0.325 e. The monoisotopic (exact) mass is 397 g/mol. The number of carbonyl (C=O) groups is 1. The average molecular weight is 398 g/mol. The van der Waals surface area contributed by atoms with Crippen LogP contribution in [0.15, 0.2) is 23.1 Å². The van der Waals surface area contributed by atoms with Crippen LogP contribution >= 0.6 is 11.3 Å². The number of aromatic nitrogens is 3. The van der Waals surface area contributed by atoms with E-state index in [4.69, 9.17) is 4.98 Å². The molecule has 0 unspecified atom stereocenters. The zero-order chi connectivity index (χ0) is 19.8. The van der Waals surface area contributed by atoms with E-state index in [0.717, 1.165) is 36.2 Å². The van der Waals surface area contributed by atoms with Gasteiger partial charge in [-0.1, -0.05) is 24.3 Å². The van der Waals surface area contributed by atoms with Gasteiger partial charge in [0.2, 0.25) is 0 Å². The van der Waals surface area contributed by atoms with Gasteiger partial charge in [-0.05, 0) is 49.8 Å². The molecule has 0 aliphatic carbocycles. The van der Waals surface area contributed by atoms with Gasteiger partial charge in [0.25, 0.3) is 5.56 Å². The number of urea groups is 1. The molecule has 8 heteroatoms. The second-order valence-corrected chi connectivity index (χ2v) is 8.45. The van der Waals surface area contributed by atoms with Crippen molar-refractivity contribution in [3.05, 3.63) is 45.6 Å². The van der Waals surface area contributed by atoms with Crippen LogP contribution in [0.2, 0.25) is 0 Å². The van der Waals surface area contributed by atoms with Crippen molar-refractivity contribution in [2.75, 3.05) is 10.6 Å². The fourth-order valence-electron chi connectivity index (χ4n) is 3.46. The Labute approximate surface area is 166 Å². The highest BCUT2D eigenvalue weighted by atomic mass is 32.1. The molecule has 3 aromatic heterocycles. The number of nitrogens with one attached hydrogen (secondary N) is 2. The number of nitrogens with zero attached hydrogens (tertiary/aromatic N) is 3. The molecule has 0 saturated heterocycles. The minimum Gasteiger partial charge on any atom is -0.299 e. The molecule has 1 aliphatic heterocycles. The number of aryl methyl sites for hydroxylation is 3. The molecule has 146 valence electrons. The minimum absolute atomic E-state index is 0.00323. The lowest BCUT2D eigenvalue weighted by Crippen LogP contribution is -2.24. The number of thiophene rings is 1. The van der Waals surface area contributed by atoms with Crippen LogP contribution in [0.1, 0.15) is 36.7 Å². The van der Waals surface area contributed by atoms with Gasteiger partial charge in [-0.2, -0.15) is 0 Å². The Bertz CT molecular complexity index is 1100. The van der Waals surface area contributed by atoms with Crippen LogP contribution in [0, 0.1) is 19.8 Å². The summed E-state index contributed by atoms with van der Waals surface area (Å²) in [5.74, 6) is 1.92. The van der Waals surface area contributed by atoms with Crippen molar-refractivity contribution in [2.24, 2.45) is 5.92 Å². The summed E-state index contributed by atoms with van der Waals surface area (Å²) in [4.78, 5) is 35.0.